The third-order valence-electron chi connectivity index (χ3n) is 5.35. The van der Waals surface area contributed by atoms with E-state index in [1.165, 1.54) is 6.08 Å². The van der Waals surface area contributed by atoms with Gasteiger partial charge in [-0.2, -0.15) is 0 Å². The van der Waals surface area contributed by atoms with E-state index in [4.69, 9.17) is 16.0 Å². The molecular formula is C27H24BrClN4O3. The van der Waals surface area contributed by atoms with Crippen LogP contribution in [-0.2, 0) is 11.3 Å². The van der Waals surface area contributed by atoms with E-state index in [-0.39, 0.29) is 5.70 Å². The molecule has 0 saturated carbocycles. The van der Waals surface area contributed by atoms with E-state index in [0.717, 1.165) is 10.0 Å². The number of aromatic nitrogens is 2. The first-order valence-corrected chi connectivity index (χ1v) is 12.4. The van der Waals surface area contributed by atoms with Gasteiger partial charge in [-0.15, -0.1) is 0 Å². The van der Waals surface area contributed by atoms with Gasteiger partial charge in [0.25, 0.3) is 11.8 Å². The molecule has 4 aromatic rings. The van der Waals surface area contributed by atoms with Crippen molar-refractivity contribution >= 4 is 45.4 Å². The van der Waals surface area contributed by atoms with Crippen LogP contribution < -0.4 is 10.6 Å². The van der Waals surface area contributed by atoms with Gasteiger partial charge in [0.15, 0.2) is 0 Å². The van der Waals surface area contributed by atoms with Gasteiger partial charge in [-0.3, -0.25) is 9.59 Å². The largest absolute Gasteiger partial charge is 0.457 e. The molecule has 2 heterocycles. The standard InChI is InChI=1S/C27H24BrClN4O3/c1-18-3-5-19(6-4-18)26(34)32-24(27(35)31-11-2-13-33-14-12-30-17-33)16-21-8-10-25(36-21)22-9-7-20(28)15-23(22)29/h3-10,12,14-17H,2,11,13H2,1H3,(H,31,35)(H,32,34)/b24-16+. The summed E-state index contributed by atoms with van der Waals surface area (Å²) in [5.74, 6) is 0.138. The monoisotopic (exact) mass is 566 g/mol. The summed E-state index contributed by atoms with van der Waals surface area (Å²) in [6.45, 7) is 3.08. The summed E-state index contributed by atoms with van der Waals surface area (Å²) >= 11 is 9.74. The molecule has 0 unspecified atom stereocenters. The van der Waals surface area contributed by atoms with E-state index >= 15 is 0 Å². The Morgan fingerprint density at radius 3 is 2.67 bits per heavy atom. The third kappa shape index (κ3) is 6.74. The Bertz CT molecular complexity index is 1380. The zero-order valence-corrected chi connectivity index (χ0v) is 21.8. The summed E-state index contributed by atoms with van der Waals surface area (Å²) in [5, 5.41) is 6.11. The number of halogens is 2. The van der Waals surface area contributed by atoms with Gasteiger partial charge in [0.05, 0.1) is 11.3 Å². The number of rotatable bonds is 9. The van der Waals surface area contributed by atoms with Gasteiger partial charge >= 0.3 is 0 Å². The fourth-order valence-electron chi connectivity index (χ4n) is 3.44. The van der Waals surface area contributed by atoms with Gasteiger partial charge in [-0.1, -0.05) is 45.2 Å². The van der Waals surface area contributed by atoms with Crippen molar-refractivity contribution in [3.05, 3.63) is 105 Å². The molecule has 2 amide bonds. The minimum absolute atomic E-state index is 0.0750. The lowest BCUT2D eigenvalue weighted by atomic mass is 10.1. The van der Waals surface area contributed by atoms with Crippen LogP contribution in [0.25, 0.3) is 17.4 Å². The predicted octanol–water partition coefficient (Wildman–Crippen LogP) is 5.84. The first-order valence-electron chi connectivity index (χ1n) is 11.3. The number of aryl methyl sites for hydroxylation is 2. The van der Waals surface area contributed by atoms with Crippen LogP contribution in [0.1, 0.15) is 28.1 Å². The Hall–Kier alpha value is -3.62. The number of hydrogen-bond donors (Lipinski definition) is 2. The number of nitrogens with zero attached hydrogens (tertiary/aromatic N) is 2. The lowest BCUT2D eigenvalue weighted by Crippen LogP contribution is -2.35. The molecule has 2 aromatic carbocycles. The summed E-state index contributed by atoms with van der Waals surface area (Å²) in [5.41, 5.74) is 2.27. The number of imidazole rings is 1. The molecule has 0 saturated heterocycles. The molecule has 4 rings (SSSR count). The van der Waals surface area contributed by atoms with E-state index in [1.807, 2.05) is 42.0 Å². The van der Waals surface area contributed by atoms with Crippen molar-refractivity contribution in [2.24, 2.45) is 0 Å². The Kier molecular flexibility index (Phi) is 8.40. The first-order chi connectivity index (χ1) is 17.4. The highest BCUT2D eigenvalue weighted by Crippen LogP contribution is 2.32. The summed E-state index contributed by atoms with van der Waals surface area (Å²) in [6.07, 6.45) is 7.50. The number of carbonyl (C=O) groups is 2. The fourth-order valence-corrected chi connectivity index (χ4v) is 4.21. The molecule has 7 nitrogen and oxygen atoms in total. The van der Waals surface area contributed by atoms with E-state index in [1.54, 1.807) is 42.9 Å². The Morgan fingerprint density at radius 2 is 1.94 bits per heavy atom. The van der Waals surface area contributed by atoms with Crippen molar-refractivity contribution in [1.29, 1.82) is 0 Å². The zero-order valence-electron chi connectivity index (χ0n) is 19.5. The van der Waals surface area contributed by atoms with Crippen molar-refractivity contribution in [1.82, 2.24) is 20.2 Å². The second-order valence-electron chi connectivity index (χ2n) is 8.11. The average molecular weight is 568 g/mol. The fraction of sp³-hybridized carbons (Fsp3) is 0.148. The van der Waals surface area contributed by atoms with Gasteiger partial charge in [-0.25, -0.2) is 4.98 Å². The number of carbonyl (C=O) groups excluding carboxylic acids is 2. The zero-order chi connectivity index (χ0) is 25.5. The second-order valence-corrected chi connectivity index (χ2v) is 9.44. The van der Waals surface area contributed by atoms with Crippen LogP contribution in [-0.4, -0.2) is 27.9 Å². The maximum absolute atomic E-state index is 13.0. The minimum Gasteiger partial charge on any atom is -0.457 e. The van der Waals surface area contributed by atoms with Gasteiger partial charge in [0.2, 0.25) is 0 Å². The van der Waals surface area contributed by atoms with Crippen LogP contribution in [0.15, 0.2) is 87.9 Å². The minimum atomic E-state index is -0.416. The van der Waals surface area contributed by atoms with Crippen molar-refractivity contribution in [3.63, 3.8) is 0 Å². The van der Waals surface area contributed by atoms with Gasteiger partial charge in [0.1, 0.15) is 17.2 Å². The van der Waals surface area contributed by atoms with Gasteiger partial charge in [-0.05, 0) is 55.8 Å². The molecule has 0 aliphatic heterocycles. The topological polar surface area (TPSA) is 89.2 Å². The Balaban J connectivity index is 1.52. The van der Waals surface area contributed by atoms with Crippen molar-refractivity contribution in [2.75, 3.05) is 6.54 Å². The van der Waals surface area contributed by atoms with Crippen LogP contribution in [0.5, 0.6) is 0 Å². The summed E-state index contributed by atoms with van der Waals surface area (Å²) in [7, 11) is 0. The maximum atomic E-state index is 13.0. The Labute approximate surface area is 222 Å². The van der Waals surface area contributed by atoms with Gasteiger partial charge < -0.3 is 19.6 Å². The highest BCUT2D eigenvalue weighted by molar-refractivity contribution is 9.10. The molecular weight excluding hydrogens is 544 g/mol. The normalized spacial score (nSPS) is 11.4. The maximum Gasteiger partial charge on any atom is 0.267 e. The molecule has 184 valence electrons. The van der Waals surface area contributed by atoms with Crippen molar-refractivity contribution < 1.29 is 14.0 Å². The molecule has 0 radical (unpaired) electrons. The van der Waals surface area contributed by atoms with Crippen molar-refractivity contribution in [3.8, 4) is 11.3 Å². The van der Waals surface area contributed by atoms with Crippen LogP contribution >= 0.6 is 27.5 Å². The predicted molar refractivity (Wildman–Crippen MR) is 143 cm³/mol. The molecule has 0 aliphatic carbocycles. The van der Waals surface area contributed by atoms with Crippen molar-refractivity contribution in [2.45, 2.75) is 19.9 Å². The molecule has 0 spiro atoms. The summed E-state index contributed by atoms with van der Waals surface area (Å²) in [6, 6.07) is 16.1. The molecule has 2 aromatic heterocycles. The first kappa shape index (κ1) is 25.5. The quantitative estimate of drug-likeness (QED) is 0.196. The van der Waals surface area contributed by atoms with Crippen LogP contribution in [0.4, 0.5) is 0 Å². The number of hydrogen-bond acceptors (Lipinski definition) is 4. The van der Waals surface area contributed by atoms with E-state index < -0.39 is 11.8 Å². The van der Waals surface area contributed by atoms with Crippen LogP contribution in [0.2, 0.25) is 5.02 Å². The van der Waals surface area contributed by atoms with E-state index in [2.05, 4.69) is 31.5 Å². The van der Waals surface area contributed by atoms with Crippen LogP contribution in [0, 0.1) is 6.92 Å². The number of benzene rings is 2. The highest BCUT2D eigenvalue weighted by Gasteiger charge is 2.16. The molecule has 0 bridgehead atoms. The summed E-state index contributed by atoms with van der Waals surface area (Å²) < 4.78 is 8.72. The molecule has 36 heavy (non-hydrogen) atoms. The second kappa shape index (κ2) is 11.9. The number of amides is 2. The average Bonchev–Trinajstić information content (AvgIpc) is 3.54. The van der Waals surface area contributed by atoms with Crippen LogP contribution in [0.3, 0.4) is 0 Å². The molecule has 0 aliphatic rings. The van der Waals surface area contributed by atoms with E-state index in [9.17, 15) is 9.59 Å². The SMILES string of the molecule is Cc1ccc(C(=O)N/C(=C/c2ccc(-c3ccc(Br)cc3Cl)o2)C(=O)NCCCn2ccnc2)cc1. The smallest absolute Gasteiger partial charge is 0.267 e. The Morgan fingerprint density at radius 1 is 1.14 bits per heavy atom. The lowest BCUT2D eigenvalue weighted by molar-refractivity contribution is -0.117. The molecule has 0 atom stereocenters. The summed E-state index contributed by atoms with van der Waals surface area (Å²) in [4.78, 5) is 29.9. The van der Waals surface area contributed by atoms with Gasteiger partial charge in [0, 0.05) is 47.2 Å². The number of furan rings is 1. The highest BCUT2D eigenvalue weighted by atomic mass is 79.9. The molecule has 2 N–H and O–H groups in total. The molecule has 0 fully saturated rings. The van der Waals surface area contributed by atoms with E-state index in [0.29, 0.717) is 47.2 Å². The molecule has 9 heteroatoms. The number of nitrogens with one attached hydrogen (secondary N) is 2. The lowest BCUT2D eigenvalue weighted by Gasteiger charge is -2.11. The third-order valence-corrected chi connectivity index (χ3v) is 6.16.